The van der Waals surface area contributed by atoms with Crippen molar-refractivity contribution in [3.8, 4) is 5.75 Å². The normalized spacial score (nSPS) is 17.1. The van der Waals surface area contributed by atoms with E-state index in [2.05, 4.69) is 15.6 Å². The minimum Gasteiger partial charge on any atom is -0.508 e. The van der Waals surface area contributed by atoms with Crippen LogP contribution in [-0.2, 0) is 25.6 Å². The second kappa shape index (κ2) is 15.8. The molecule has 4 atom stereocenters. The van der Waals surface area contributed by atoms with Crippen LogP contribution in [0.4, 0.5) is 0 Å². The number of aromatic hydroxyl groups is 1. The summed E-state index contributed by atoms with van der Waals surface area (Å²) in [5.74, 6) is -2.10. The van der Waals surface area contributed by atoms with Gasteiger partial charge in [0.1, 0.15) is 23.9 Å². The molecule has 4 unspecified atom stereocenters. The maximum absolute atomic E-state index is 13.7. The van der Waals surface area contributed by atoms with Crippen molar-refractivity contribution in [2.24, 2.45) is 22.2 Å². The number of aliphatic imine (C=N–C) groups is 1. The zero-order chi connectivity index (χ0) is 28.9. The summed E-state index contributed by atoms with van der Waals surface area (Å²) >= 11 is 1.55. The molecule has 1 aromatic rings. The first-order valence-corrected chi connectivity index (χ1v) is 14.1. The van der Waals surface area contributed by atoms with Gasteiger partial charge in [0.05, 0.1) is 6.04 Å². The molecule has 10 N–H and O–H groups in total. The smallest absolute Gasteiger partial charge is 0.326 e. The molecular formula is C25H39N7O6S. The van der Waals surface area contributed by atoms with Crippen LogP contribution in [0.2, 0.25) is 0 Å². The van der Waals surface area contributed by atoms with Crippen molar-refractivity contribution in [2.45, 2.75) is 62.7 Å². The van der Waals surface area contributed by atoms with E-state index in [4.69, 9.17) is 17.2 Å². The first-order valence-electron chi connectivity index (χ1n) is 12.7. The van der Waals surface area contributed by atoms with Crippen molar-refractivity contribution in [1.29, 1.82) is 0 Å². The molecule has 0 saturated carbocycles. The molecule has 14 heteroatoms. The first kappa shape index (κ1) is 31.7. The number of nitrogens with one attached hydrogen (secondary N) is 2. The molecule has 1 aliphatic rings. The van der Waals surface area contributed by atoms with Crippen LogP contribution in [0.15, 0.2) is 29.3 Å². The van der Waals surface area contributed by atoms with Gasteiger partial charge in [-0.05, 0) is 61.8 Å². The number of phenols is 1. The SMILES string of the molecule is CSCCC(N)C(=O)NC(Cc1ccc(O)cc1)C(=O)N1CCCC1C(=O)NC(CCCN=C(N)N)C(=O)O. The summed E-state index contributed by atoms with van der Waals surface area (Å²) in [6.45, 7) is 0.493. The van der Waals surface area contributed by atoms with E-state index in [9.17, 15) is 29.4 Å². The van der Waals surface area contributed by atoms with Crippen LogP contribution in [0.3, 0.4) is 0 Å². The maximum atomic E-state index is 13.7. The Morgan fingerprint density at radius 3 is 2.44 bits per heavy atom. The van der Waals surface area contributed by atoms with Crippen LogP contribution in [-0.4, -0.2) is 94.0 Å². The molecule has 3 amide bonds. The number of likely N-dealkylation sites (tertiary alicyclic amines) is 1. The van der Waals surface area contributed by atoms with Crippen molar-refractivity contribution in [3.63, 3.8) is 0 Å². The van der Waals surface area contributed by atoms with Gasteiger partial charge in [-0.3, -0.25) is 19.4 Å². The van der Waals surface area contributed by atoms with E-state index in [1.165, 1.54) is 17.0 Å². The van der Waals surface area contributed by atoms with Crippen LogP contribution < -0.4 is 27.8 Å². The Bertz CT molecular complexity index is 1020. The number of carboxylic acids is 1. The highest BCUT2D eigenvalue weighted by molar-refractivity contribution is 7.98. The average Bonchev–Trinajstić information content (AvgIpc) is 3.39. The van der Waals surface area contributed by atoms with Gasteiger partial charge in [-0.2, -0.15) is 11.8 Å². The van der Waals surface area contributed by atoms with Gasteiger partial charge in [0.2, 0.25) is 17.7 Å². The van der Waals surface area contributed by atoms with Crippen LogP contribution >= 0.6 is 11.8 Å². The summed E-state index contributed by atoms with van der Waals surface area (Å²) in [6, 6.07) is 2.37. The Morgan fingerprint density at radius 2 is 1.82 bits per heavy atom. The number of amides is 3. The second-order valence-corrected chi connectivity index (χ2v) is 10.3. The Labute approximate surface area is 231 Å². The molecule has 216 valence electrons. The second-order valence-electron chi connectivity index (χ2n) is 9.36. The van der Waals surface area contributed by atoms with Gasteiger partial charge in [0.25, 0.3) is 0 Å². The number of hydrogen-bond donors (Lipinski definition) is 7. The molecule has 1 saturated heterocycles. The van der Waals surface area contributed by atoms with Crippen molar-refractivity contribution in [2.75, 3.05) is 25.1 Å². The Balaban J connectivity index is 2.16. The highest BCUT2D eigenvalue weighted by atomic mass is 32.2. The minimum absolute atomic E-state index is 0.0623. The molecule has 0 aliphatic carbocycles. The van der Waals surface area contributed by atoms with Gasteiger partial charge in [0.15, 0.2) is 5.96 Å². The molecule has 0 bridgehead atoms. The Hall–Kier alpha value is -3.52. The fourth-order valence-corrected chi connectivity index (χ4v) is 4.74. The molecule has 1 aromatic carbocycles. The fraction of sp³-hybridized carbons (Fsp3) is 0.560. The summed E-state index contributed by atoms with van der Waals surface area (Å²) in [4.78, 5) is 56.5. The van der Waals surface area contributed by atoms with Gasteiger partial charge < -0.3 is 42.9 Å². The summed E-state index contributed by atoms with van der Waals surface area (Å²) in [7, 11) is 0. The maximum Gasteiger partial charge on any atom is 0.326 e. The molecule has 1 fully saturated rings. The highest BCUT2D eigenvalue weighted by Gasteiger charge is 2.39. The molecule has 0 spiro atoms. The van der Waals surface area contributed by atoms with E-state index in [1.807, 2.05) is 6.26 Å². The number of carboxylic acid groups (broad SMARTS) is 1. The van der Waals surface area contributed by atoms with Gasteiger partial charge in [-0.25, -0.2) is 4.79 Å². The zero-order valence-electron chi connectivity index (χ0n) is 22.0. The van der Waals surface area contributed by atoms with Gasteiger partial charge >= 0.3 is 5.97 Å². The number of aliphatic carboxylic acids is 1. The monoisotopic (exact) mass is 565 g/mol. The molecular weight excluding hydrogens is 526 g/mol. The average molecular weight is 566 g/mol. The lowest BCUT2D eigenvalue weighted by Gasteiger charge is -2.30. The summed E-state index contributed by atoms with van der Waals surface area (Å²) < 4.78 is 0. The first-order chi connectivity index (χ1) is 18.5. The van der Waals surface area contributed by atoms with Gasteiger partial charge in [-0.1, -0.05) is 12.1 Å². The quantitative estimate of drug-likeness (QED) is 0.0788. The Morgan fingerprint density at radius 1 is 1.13 bits per heavy atom. The Kier molecular flexibility index (Phi) is 12.8. The number of carbonyl (C=O) groups excluding carboxylic acids is 3. The third kappa shape index (κ3) is 10.3. The minimum atomic E-state index is -1.21. The third-order valence-corrected chi connectivity index (χ3v) is 7.00. The number of carbonyl (C=O) groups is 4. The highest BCUT2D eigenvalue weighted by Crippen LogP contribution is 2.21. The summed E-state index contributed by atoms with van der Waals surface area (Å²) in [5.41, 5.74) is 17.3. The predicted molar refractivity (Wildman–Crippen MR) is 149 cm³/mol. The topological polar surface area (TPSA) is 226 Å². The van der Waals surface area contributed by atoms with Gasteiger partial charge in [0, 0.05) is 19.5 Å². The fourth-order valence-electron chi connectivity index (χ4n) is 4.25. The molecule has 1 heterocycles. The number of thioether (sulfide) groups is 1. The number of hydrogen-bond acceptors (Lipinski definition) is 8. The van der Waals surface area contributed by atoms with E-state index >= 15 is 0 Å². The largest absolute Gasteiger partial charge is 0.508 e. The molecule has 0 aromatic heterocycles. The number of nitrogens with two attached hydrogens (primary N) is 3. The lowest BCUT2D eigenvalue weighted by atomic mass is 10.0. The third-order valence-electron chi connectivity index (χ3n) is 6.36. The van der Waals surface area contributed by atoms with E-state index < -0.39 is 47.9 Å². The number of benzene rings is 1. The standard InChI is InChI=1S/C25H39N7O6S/c1-39-13-10-17(26)21(34)31-19(14-15-6-8-16(33)9-7-15)23(36)32-12-3-5-20(32)22(35)30-18(24(37)38)4-2-11-29-25(27)28/h6-9,17-20,33H,2-5,10-14,26H2,1H3,(H,30,35)(H,31,34)(H,37,38)(H4,27,28,29). The van der Waals surface area contributed by atoms with Crippen molar-refractivity contribution in [3.05, 3.63) is 29.8 Å². The lowest BCUT2D eigenvalue weighted by Crippen LogP contribution is -2.57. The number of phenolic OH excluding ortho intramolecular Hbond substituents is 1. The van der Waals surface area contributed by atoms with Crippen molar-refractivity contribution in [1.82, 2.24) is 15.5 Å². The van der Waals surface area contributed by atoms with Crippen LogP contribution in [0.25, 0.3) is 0 Å². The predicted octanol–water partition coefficient (Wildman–Crippen LogP) is -0.886. The molecule has 1 aliphatic heterocycles. The van der Waals surface area contributed by atoms with Gasteiger partial charge in [-0.15, -0.1) is 0 Å². The number of guanidine groups is 1. The molecule has 39 heavy (non-hydrogen) atoms. The van der Waals surface area contributed by atoms with E-state index in [-0.39, 0.29) is 37.6 Å². The molecule has 2 rings (SSSR count). The van der Waals surface area contributed by atoms with Crippen LogP contribution in [0, 0.1) is 0 Å². The summed E-state index contributed by atoms with van der Waals surface area (Å²) in [5, 5.41) is 24.4. The van der Waals surface area contributed by atoms with Crippen LogP contribution in [0.1, 0.15) is 37.7 Å². The van der Waals surface area contributed by atoms with E-state index in [0.29, 0.717) is 37.0 Å². The number of rotatable bonds is 15. The zero-order valence-corrected chi connectivity index (χ0v) is 22.9. The van der Waals surface area contributed by atoms with E-state index in [1.54, 1.807) is 23.9 Å². The number of nitrogens with zero attached hydrogens (tertiary/aromatic N) is 2. The van der Waals surface area contributed by atoms with Crippen molar-refractivity contribution < 1.29 is 29.4 Å². The van der Waals surface area contributed by atoms with E-state index in [0.717, 1.165) is 0 Å². The summed E-state index contributed by atoms with van der Waals surface area (Å²) in [6.07, 6.45) is 3.78. The molecule has 13 nitrogen and oxygen atoms in total. The lowest BCUT2D eigenvalue weighted by molar-refractivity contribution is -0.145. The van der Waals surface area contributed by atoms with Crippen LogP contribution in [0.5, 0.6) is 5.75 Å². The molecule has 0 radical (unpaired) electrons. The van der Waals surface area contributed by atoms with Crippen molar-refractivity contribution >= 4 is 41.4 Å².